The molecule has 180 valence electrons. The number of nitrogens with zero attached hydrogens (tertiary/aromatic N) is 6. The van der Waals surface area contributed by atoms with Crippen LogP contribution in [0.2, 0.25) is 10.2 Å². The summed E-state index contributed by atoms with van der Waals surface area (Å²) in [4.78, 5) is 6.44. The number of hydrogen-bond donors (Lipinski definition) is 1. The number of hydrogen-bond acceptors (Lipinski definition) is 7. The van der Waals surface area contributed by atoms with E-state index in [1.165, 1.54) is 6.07 Å². The van der Waals surface area contributed by atoms with Crippen LogP contribution in [0.25, 0.3) is 0 Å². The Morgan fingerprint density at radius 1 is 1.12 bits per heavy atom. The Morgan fingerprint density at radius 2 is 1.88 bits per heavy atom. The number of nitrogens with one attached hydrogen (secondary N) is 1. The van der Waals surface area contributed by atoms with Gasteiger partial charge in [-0.25, -0.2) is 4.68 Å². The molecule has 0 amide bonds. The van der Waals surface area contributed by atoms with Gasteiger partial charge in [0.05, 0.1) is 11.9 Å². The van der Waals surface area contributed by atoms with Crippen LogP contribution in [0.15, 0.2) is 36.5 Å². The largest absolute Gasteiger partial charge is 0.424 e. The number of benzene rings is 1. The second kappa shape index (κ2) is 9.10. The SMILES string of the molecule is FC(F)(F)Cn1nc(NC2[C@@H]3CC[C@H]2CN(c2cnnc(Cl)c2)C3)nc1Oc1cccc(Cl)c1. The van der Waals surface area contributed by atoms with E-state index in [4.69, 9.17) is 27.9 Å². The molecule has 1 aliphatic carbocycles. The van der Waals surface area contributed by atoms with E-state index < -0.39 is 12.7 Å². The molecule has 2 fully saturated rings. The minimum atomic E-state index is -4.48. The second-order valence-corrected chi connectivity index (χ2v) is 9.28. The van der Waals surface area contributed by atoms with E-state index in [1.807, 2.05) is 0 Å². The molecule has 3 aromatic rings. The van der Waals surface area contributed by atoms with Gasteiger partial charge >= 0.3 is 12.2 Å². The minimum absolute atomic E-state index is 0.0299. The van der Waals surface area contributed by atoms with Gasteiger partial charge in [-0.1, -0.05) is 29.3 Å². The van der Waals surface area contributed by atoms with Gasteiger partial charge in [-0.05, 0) is 42.9 Å². The maximum Gasteiger partial charge on any atom is 0.408 e. The zero-order chi connectivity index (χ0) is 23.9. The standard InChI is InChI=1S/C21H20Cl2F3N7O/c22-14-2-1-3-16(6-14)34-20-29-19(31-33(20)11-21(24,25)26)28-18-12-4-5-13(18)10-32(9-12)15-7-17(23)30-27-8-15/h1-3,6-8,12-13,18H,4-5,9-11H2,(H,28,31)/t12-,13+,18?. The fourth-order valence-electron chi connectivity index (χ4n) is 4.70. The first kappa shape index (κ1) is 23.0. The predicted octanol–water partition coefficient (Wildman–Crippen LogP) is 5.06. The van der Waals surface area contributed by atoms with Crippen LogP contribution in [0, 0.1) is 11.8 Å². The Morgan fingerprint density at radius 3 is 2.56 bits per heavy atom. The van der Waals surface area contributed by atoms with E-state index in [-0.39, 0.29) is 35.6 Å². The van der Waals surface area contributed by atoms with Crippen molar-refractivity contribution in [2.24, 2.45) is 11.8 Å². The lowest BCUT2D eigenvalue weighted by molar-refractivity contribution is -0.143. The van der Waals surface area contributed by atoms with Crippen LogP contribution in [-0.2, 0) is 6.54 Å². The zero-order valence-corrected chi connectivity index (χ0v) is 19.2. The van der Waals surface area contributed by atoms with E-state index in [2.05, 4.69) is 30.5 Å². The van der Waals surface area contributed by atoms with Crippen molar-refractivity contribution in [2.45, 2.75) is 31.6 Å². The van der Waals surface area contributed by atoms with Crippen molar-refractivity contribution in [1.29, 1.82) is 0 Å². The summed E-state index contributed by atoms with van der Waals surface area (Å²) in [5.74, 6) is 0.897. The number of ether oxygens (including phenoxy) is 1. The Bertz CT molecular complexity index is 1160. The first-order valence-electron chi connectivity index (χ1n) is 10.7. The molecule has 1 N–H and O–H groups in total. The summed E-state index contributed by atoms with van der Waals surface area (Å²) in [5, 5.41) is 15.8. The molecule has 0 radical (unpaired) electrons. The molecular formula is C21H20Cl2F3N7O. The van der Waals surface area contributed by atoms with Crippen LogP contribution >= 0.6 is 23.2 Å². The molecule has 2 aliphatic rings. The second-order valence-electron chi connectivity index (χ2n) is 8.46. The lowest BCUT2D eigenvalue weighted by atomic mass is 9.92. The molecule has 2 aromatic heterocycles. The third-order valence-electron chi connectivity index (χ3n) is 6.08. The molecule has 0 spiro atoms. The summed E-state index contributed by atoms with van der Waals surface area (Å²) in [6.07, 6.45) is -0.832. The average Bonchev–Trinajstić information content (AvgIpc) is 3.21. The molecular weight excluding hydrogens is 494 g/mol. The molecule has 1 aliphatic heterocycles. The summed E-state index contributed by atoms with van der Waals surface area (Å²) < 4.78 is 45.8. The van der Waals surface area contributed by atoms with Crippen molar-refractivity contribution < 1.29 is 17.9 Å². The highest BCUT2D eigenvalue weighted by Gasteiger charge is 2.43. The molecule has 5 rings (SSSR count). The normalized spacial score (nSPS) is 22.1. The van der Waals surface area contributed by atoms with Crippen LogP contribution in [0.1, 0.15) is 12.8 Å². The van der Waals surface area contributed by atoms with Gasteiger partial charge in [0.1, 0.15) is 12.3 Å². The summed E-state index contributed by atoms with van der Waals surface area (Å²) in [7, 11) is 0. The maximum atomic E-state index is 13.1. The maximum absolute atomic E-state index is 13.1. The Kier molecular flexibility index (Phi) is 6.15. The molecule has 8 nitrogen and oxygen atoms in total. The molecule has 1 saturated carbocycles. The van der Waals surface area contributed by atoms with Crippen molar-refractivity contribution >= 4 is 34.8 Å². The van der Waals surface area contributed by atoms with Crippen LogP contribution in [0.4, 0.5) is 24.8 Å². The molecule has 1 unspecified atom stereocenters. The lowest BCUT2D eigenvalue weighted by Crippen LogP contribution is -2.48. The van der Waals surface area contributed by atoms with Crippen LogP contribution in [-0.4, -0.2) is 50.3 Å². The summed E-state index contributed by atoms with van der Waals surface area (Å²) in [5.41, 5.74) is 0.903. The molecule has 2 bridgehead atoms. The summed E-state index contributed by atoms with van der Waals surface area (Å²) in [6.45, 7) is 0.190. The number of alkyl halides is 3. The van der Waals surface area contributed by atoms with Gasteiger partial charge in [-0.2, -0.15) is 23.3 Å². The van der Waals surface area contributed by atoms with Crippen LogP contribution < -0.4 is 15.0 Å². The predicted molar refractivity (Wildman–Crippen MR) is 120 cm³/mol. The topological polar surface area (TPSA) is 81.0 Å². The van der Waals surface area contributed by atoms with E-state index in [9.17, 15) is 13.2 Å². The van der Waals surface area contributed by atoms with E-state index in [1.54, 1.807) is 30.5 Å². The highest BCUT2D eigenvalue weighted by atomic mass is 35.5. The van der Waals surface area contributed by atoms with Gasteiger partial charge in [-0.15, -0.1) is 10.2 Å². The molecule has 3 heterocycles. The van der Waals surface area contributed by atoms with E-state index >= 15 is 0 Å². The number of aromatic nitrogens is 5. The van der Waals surface area contributed by atoms with Crippen molar-refractivity contribution in [1.82, 2.24) is 25.0 Å². The number of rotatable bonds is 6. The molecule has 3 atom stereocenters. The monoisotopic (exact) mass is 513 g/mol. The molecule has 1 aromatic carbocycles. The Hall–Kier alpha value is -2.79. The van der Waals surface area contributed by atoms with Crippen LogP contribution in [0.3, 0.4) is 0 Å². The zero-order valence-electron chi connectivity index (χ0n) is 17.7. The van der Waals surface area contributed by atoms with E-state index in [0.29, 0.717) is 14.9 Å². The quantitative estimate of drug-likeness (QED) is 0.493. The Labute approximate surface area is 203 Å². The third kappa shape index (κ3) is 5.15. The smallest absolute Gasteiger partial charge is 0.408 e. The van der Waals surface area contributed by atoms with Crippen molar-refractivity contribution in [3.05, 3.63) is 46.7 Å². The van der Waals surface area contributed by atoms with Crippen LogP contribution in [0.5, 0.6) is 11.8 Å². The first-order valence-corrected chi connectivity index (χ1v) is 11.4. The summed E-state index contributed by atoms with van der Waals surface area (Å²) >= 11 is 11.9. The highest BCUT2D eigenvalue weighted by molar-refractivity contribution is 6.30. The van der Waals surface area contributed by atoms with Crippen molar-refractivity contribution in [3.63, 3.8) is 0 Å². The number of anilines is 2. The van der Waals surface area contributed by atoms with Gasteiger partial charge in [0.15, 0.2) is 5.15 Å². The van der Waals surface area contributed by atoms with Gasteiger partial charge in [0.2, 0.25) is 5.95 Å². The summed E-state index contributed by atoms with van der Waals surface area (Å²) in [6, 6.07) is 7.91. The molecule has 1 saturated heterocycles. The van der Waals surface area contributed by atoms with Gasteiger partial charge < -0.3 is 15.0 Å². The van der Waals surface area contributed by atoms with E-state index in [0.717, 1.165) is 31.6 Å². The van der Waals surface area contributed by atoms with Gasteiger partial charge in [0.25, 0.3) is 0 Å². The third-order valence-corrected chi connectivity index (χ3v) is 6.50. The van der Waals surface area contributed by atoms with Gasteiger partial charge in [0, 0.05) is 30.2 Å². The Balaban J connectivity index is 1.34. The minimum Gasteiger partial charge on any atom is -0.424 e. The fraction of sp³-hybridized carbons (Fsp3) is 0.429. The fourth-order valence-corrected chi connectivity index (χ4v) is 5.03. The lowest BCUT2D eigenvalue weighted by Gasteiger charge is -2.39. The average molecular weight is 514 g/mol. The first-order chi connectivity index (χ1) is 16.2. The van der Waals surface area contributed by atoms with Crippen molar-refractivity contribution in [2.75, 3.05) is 23.3 Å². The number of fused-ring (bicyclic) bond motifs is 2. The molecule has 13 heteroatoms. The highest BCUT2D eigenvalue weighted by Crippen LogP contribution is 2.40. The van der Waals surface area contributed by atoms with Gasteiger partial charge in [-0.3, -0.25) is 0 Å². The van der Waals surface area contributed by atoms with Crippen molar-refractivity contribution in [3.8, 4) is 11.8 Å². The number of halogens is 5. The molecule has 34 heavy (non-hydrogen) atoms. The number of piperidine rings is 1.